The highest BCUT2D eigenvalue weighted by molar-refractivity contribution is 4.99. The number of likely N-dealkylation sites (tertiary alicyclic amines) is 1. The van der Waals surface area contributed by atoms with E-state index in [9.17, 15) is 5.11 Å². The van der Waals surface area contributed by atoms with Gasteiger partial charge in [0.05, 0.1) is 6.10 Å². The third-order valence-electron chi connectivity index (χ3n) is 4.17. The Bertz CT molecular complexity index is 257. The Balaban J connectivity index is 1.95. The lowest BCUT2D eigenvalue weighted by atomic mass is 9.94. The number of hydrogen-bond acceptors (Lipinski definition) is 2. The van der Waals surface area contributed by atoms with Crippen LogP contribution in [-0.4, -0.2) is 35.2 Å². The van der Waals surface area contributed by atoms with Crippen molar-refractivity contribution >= 4 is 0 Å². The summed E-state index contributed by atoms with van der Waals surface area (Å²) >= 11 is 0. The molecule has 0 spiro atoms. The number of rotatable bonds is 3. The molecule has 16 heavy (non-hydrogen) atoms. The van der Waals surface area contributed by atoms with Gasteiger partial charge < -0.3 is 5.11 Å². The maximum Gasteiger partial charge on any atom is 0.0583 e. The van der Waals surface area contributed by atoms with Gasteiger partial charge in [0.1, 0.15) is 0 Å². The van der Waals surface area contributed by atoms with Crippen LogP contribution in [0.3, 0.4) is 0 Å². The average Bonchev–Trinajstić information content (AvgIpc) is 2.82. The molecule has 0 radical (unpaired) electrons. The fourth-order valence-electron chi connectivity index (χ4n) is 3.28. The second kappa shape index (κ2) is 5.33. The highest BCUT2D eigenvalue weighted by atomic mass is 16.3. The summed E-state index contributed by atoms with van der Waals surface area (Å²) in [6.07, 6.45) is 8.37. The fraction of sp³-hybridized carbons (Fsp3) is 0.857. The molecule has 2 aliphatic rings. The van der Waals surface area contributed by atoms with Crippen molar-refractivity contribution in [3.63, 3.8) is 0 Å². The first-order valence-corrected chi connectivity index (χ1v) is 6.74. The van der Waals surface area contributed by atoms with Gasteiger partial charge in [-0.1, -0.05) is 18.1 Å². The van der Waals surface area contributed by atoms with E-state index in [2.05, 4.69) is 24.8 Å². The minimum atomic E-state index is -0.0303. The van der Waals surface area contributed by atoms with E-state index in [-0.39, 0.29) is 6.10 Å². The molecular formula is C14H25NO. The van der Waals surface area contributed by atoms with Crippen molar-refractivity contribution in [2.75, 3.05) is 13.1 Å². The van der Waals surface area contributed by atoms with Crippen molar-refractivity contribution in [2.24, 2.45) is 5.92 Å². The fourth-order valence-corrected chi connectivity index (χ4v) is 3.28. The van der Waals surface area contributed by atoms with Crippen LogP contribution in [0, 0.1) is 5.92 Å². The zero-order valence-electron chi connectivity index (χ0n) is 10.7. The lowest BCUT2D eigenvalue weighted by Gasteiger charge is -2.30. The molecule has 1 heterocycles. The third kappa shape index (κ3) is 2.67. The molecule has 2 nitrogen and oxygen atoms in total. The van der Waals surface area contributed by atoms with Gasteiger partial charge in [-0.05, 0) is 46.1 Å². The summed E-state index contributed by atoms with van der Waals surface area (Å²) < 4.78 is 0. The van der Waals surface area contributed by atoms with Crippen molar-refractivity contribution in [1.82, 2.24) is 4.90 Å². The van der Waals surface area contributed by atoms with Crippen LogP contribution in [0.1, 0.15) is 46.0 Å². The van der Waals surface area contributed by atoms with Crippen LogP contribution in [0.25, 0.3) is 0 Å². The van der Waals surface area contributed by atoms with E-state index < -0.39 is 0 Å². The second-order valence-corrected chi connectivity index (χ2v) is 5.65. The minimum Gasteiger partial charge on any atom is -0.393 e. The van der Waals surface area contributed by atoms with Gasteiger partial charge in [0.25, 0.3) is 0 Å². The number of aliphatic hydroxyl groups is 1. The topological polar surface area (TPSA) is 23.5 Å². The summed E-state index contributed by atoms with van der Waals surface area (Å²) in [7, 11) is 0. The van der Waals surface area contributed by atoms with Gasteiger partial charge in [0.2, 0.25) is 0 Å². The SMILES string of the molecule is CC(C)=CCN1CCCC1C1CCCC1O. The molecule has 3 unspecified atom stereocenters. The standard InChI is InChI=1S/C14H25NO/c1-11(2)8-10-15-9-4-6-13(15)12-5-3-7-14(12)16/h8,12-14,16H,3-7,9-10H2,1-2H3. The Morgan fingerprint density at radius 3 is 2.69 bits per heavy atom. The molecule has 1 aliphatic carbocycles. The van der Waals surface area contributed by atoms with Crippen molar-refractivity contribution in [1.29, 1.82) is 0 Å². The van der Waals surface area contributed by atoms with E-state index >= 15 is 0 Å². The van der Waals surface area contributed by atoms with Crippen molar-refractivity contribution in [3.8, 4) is 0 Å². The second-order valence-electron chi connectivity index (χ2n) is 5.65. The zero-order chi connectivity index (χ0) is 11.5. The summed E-state index contributed by atoms with van der Waals surface area (Å²) in [5.74, 6) is 0.549. The normalized spacial score (nSPS) is 35.6. The molecule has 1 saturated carbocycles. The van der Waals surface area contributed by atoms with E-state index in [1.807, 2.05) is 0 Å². The van der Waals surface area contributed by atoms with Gasteiger partial charge in [0.15, 0.2) is 0 Å². The smallest absolute Gasteiger partial charge is 0.0583 e. The van der Waals surface area contributed by atoms with E-state index in [1.165, 1.54) is 37.8 Å². The Hall–Kier alpha value is -0.340. The third-order valence-corrected chi connectivity index (χ3v) is 4.17. The molecule has 0 bridgehead atoms. The van der Waals surface area contributed by atoms with Crippen LogP contribution in [0.15, 0.2) is 11.6 Å². The first-order chi connectivity index (χ1) is 7.68. The van der Waals surface area contributed by atoms with E-state index in [4.69, 9.17) is 0 Å². The molecule has 0 aromatic heterocycles. The maximum absolute atomic E-state index is 10.0. The molecule has 1 N–H and O–H groups in total. The van der Waals surface area contributed by atoms with E-state index in [1.54, 1.807) is 0 Å². The summed E-state index contributed by atoms with van der Waals surface area (Å²) in [5.41, 5.74) is 1.40. The molecule has 2 fully saturated rings. The highest BCUT2D eigenvalue weighted by Gasteiger charge is 2.37. The monoisotopic (exact) mass is 223 g/mol. The lowest BCUT2D eigenvalue weighted by Crippen LogP contribution is -2.39. The number of aliphatic hydroxyl groups excluding tert-OH is 1. The van der Waals surface area contributed by atoms with Crippen molar-refractivity contribution in [3.05, 3.63) is 11.6 Å². The van der Waals surface area contributed by atoms with Gasteiger partial charge in [-0.15, -0.1) is 0 Å². The molecular weight excluding hydrogens is 198 g/mol. The van der Waals surface area contributed by atoms with Gasteiger partial charge in [0, 0.05) is 18.5 Å². The van der Waals surface area contributed by atoms with Gasteiger partial charge >= 0.3 is 0 Å². The quantitative estimate of drug-likeness (QED) is 0.743. The molecule has 3 atom stereocenters. The zero-order valence-corrected chi connectivity index (χ0v) is 10.7. The Kier molecular flexibility index (Phi) is 4.04. The van der Waals surface area contributed by atoms with Gasteiger partial charge in [-0.2, -0.15) is 0 Å². The van der Waals surface area contributed by atoms with Crippen LogP contribution in [0.5, 0.6) is 0 Å². The van der Waals surface area contributed by atoms with Gasteiger partial charge in [-0.25, -0.2) is 0 Å². The lowest BCUT2D eigenvalue weighted by molar-refractivity contribution is 0.0789. The van der Waals surface area contributed by atoms with Crippen molar-refractivity contribution in [2.45, 2.75) is 58.1 Å². The van der Waals surface area contributed by atoms with Crippen LogP contribution in [0.2, 0.25) is 0 Å². The first kappa shape index (κ1) is 12.1. The summed E-state index contributed by atoms with van der Waals surface area (Å²) in [4.78, 5) is 2.58. The predicted octanol–water partition coefficient (Wildman–Crippen LogP) is 2.58. The highest BCUT2D eigenvalue weighted by Crippen LogP contribution is 2.35. The summed E-state index contributed by atoms with van der Waals surface area (Å²) in [5, 5.41) is 10.0. The maximum atomic E-state index is 10.0. The Morgan fingerprint density at radius 2 is 2.06 bits per heavy atom. The molecule has 1 saturated heterocycles. The van der Waals surface area contributed by atoms with E-state index in [0.717, 1.165) is 13.0 Å². The molecule has 1 aliphatic heterocycles. The minimum absolute atomic E-state index is 0.0303. The number of hydrogen-bond donors (Lipinski definition) is 1. The molecule has 92 valence electrons. The van der Waals surface area contributed by atoms with Crippen LogP contribution in [-0.2, 0) is 0 Å². The summed E-state index contributed by atoms with van der Waals surface area (Å²) in [6, 6.07) is 0.646. The number of allylic oxidation sites excluding steroid dienone is 1. The average molecular weight is 223 g/mol. The largest absolute Gasteiger partial charge is 0.393 e. The van der Waals surface area contributed by atoms with Crippen LogP contribution in [0.4, 0.5) is 0 Å². The molecule has 0 aromatic carbocycles. The van der Waals surface area contributed by atoms with E-state index in [0.29, 0.717) is 12.0 Å². The molecule has 0 amide bonds. The first-order valence-electron chi connectivity index (χ1n) is 6.74. The van der Waals surface area contributed by atoms with Gasteiger partial charge in [-0.3, -0.25) is 4.90 Å². The van der Waals surface area contributed by atoms with Crippen LogP contribution >= 0.6 is 0 Å². The number of nitrogens with zero attached hydrogens (tertiary/aromatic N) is 1. The Morgan fingerprint density at radius 1 is 1.25 bits per heavy atom. The molecule has 2 rings (SSSR count). The van der Waals surface area contributed by atoms with Crippen molar-refractivity contribution < 1.29 is 5.11 Å². The molecule has 2 heteroatoms. The predicted molar refractivity (Wildman–Crippen MR) is 67.4 cm³/mol. The Labute approximate surface area is 99.3 Å². The summed E-state index contributed by atoms with van der Waals surface area (Å²) in [6.45, 7) is 6.62. The molecule has 0 aromatic rings. The van der Waals surface area contributed by atoms with Crippen LogP contribution < -0.4 is 0 Å².